The molecule has 7 N–H and O–H groups in total. The monoisotopic (exact) mass is 946 g/mol. The van der Waals surface area contributed by atoms with Gasteiger partial charge in [-0.2, -0.15) is 20.2 Å². The van der Waals surface area contributed by atoms with Crippen LogP contribution in [0.1, 0.15) is 33.6 Å². The smallest absolute Gasteiger partial charge is 0.221 e. The quantitative estimate of drug-likeness (QED) is 0.0512. The third-order valence-corrected chi connectivity index (χ3v) is 19.1. The molecule has 17 heteroatoms. The highest BCUT2D eigenvalue weighted by atomic mass is 32.1. The van der Waals surface area contributed by atoms with Crippen LogP contribution < -0.4 is 21.3 Å². The predicted molar refractivity (Wildman–Crippen MR) is 280 cm³/mol. The molecule has 0 bridgehead atoms. The van der Waals surface area contributed by atoms with E-state index in [0.717, 1.165) is 68.0 Å². The van der Waals surface area contributed by atoms with Crippen LogP contribution in [0.3, 0.4) is 0 Å². The number of hydrogen-bond donors (Lipinski definition) is 5. The first-order valence-corrected chi connectivity index (χ1v) is 26.8. The fourth-order valence-electron chi connectivity index (χ4n) is 7.79. The number of nitrogens with one attached hydrogen (secondary N) is 2. The van der Waals surface area contributed by atoms with Crippen LogP contribution in [0.5, 0.6) is 0 Å². The van der Waals surface area contributed by atoms with Gasteiger partial charge in [-0.15, -0.1) is 22.7 Å². The molecule has 0 saturated heterocycles. The summed E-state index contributed by atoms with van der Waals surface area (Å²) in [6.45, 7) is 13.5. The van der Waals surface area contributed by atoms with E-state index >= 15 is 0 Å². The number of aliphatic hydroxyl groups is 1. The lowest BCUT2D eigenvalue weighted by Gasteiger charge is -2.36. The van der Waals surface area contributed by atoms with Gasteiger partial charge in [-0.3, -0.25) is 10.2 Å². The lowest BCUT2D eigenvalue weighted by atomic mass is 10.1. The Hall–Kier alpha value is -6.76. The summed E-state index contributed by atoms with van der Waals surface area (Å²) in [6, 6.07) is 33.6. The highest BCUT2D eigenvalue weighted by Gasteiger charge is 2.37. The van der Waals surface area contributed by atoms with Gasteiger partial charge in [-0.05, 0) is 102 Å². The van der Waals surface area contributed by atoms with Crippen molar-refractivity contribution in [1.82, 2.24) is 40.3 Å². The summed E-state index contributed by atoms with van der Waals surface area (Å²) in [5.41, 5.74) is 18.0. The number of fused-ring (bicyclic) bond motifs is 4. The minimum Gasteiger partial charge on any atom is -0.417 e. The zero-order valence-corrected chi connectivity index (χ0v) is 40.8. The lowest BCUT2D eigenvalue weighted by Crippen LogP contribution is -2.41. The molecule has 342 valence electrons. The average Bonchev–Trinajstić information content (AvgIpc) is 4.15. The molecule has 0 spiro atoms. The van der Waals surface area contributed by atoms with Crippen LogP contribution >= 0.6 is 22.7 Å². The van der Waals surface area contributed by atoms with Gasteiger partial charge in [0.05, 0.1) is 23.4 Å². The van der Waals surface area contributed by atoms with Gasteiger partial charge in [0, 0.05) is 91.1 Å². The van der Waals surface area contributed by atoms with E-state index in [1.165, 1.54) is 25.0 Å². The van der Waals surface area contributed by atoms with Crippen molar-refractivity contribution >= 4 is 108 Å². The number of nitrogens with zero attached hydrogens (tertiary/aromatic N) is 8. The van der Waals surface area contributed by atoms with E-state index in [1.54, 1.807) is 35.1 Å². The molecule has 0 fully saturated rings. The Labute approximate surface area is 397 Å². The summed E-state index contributed by atoms with van der Waals surface area (Å²) in [5.74, 6) is 1.94. The van der Waals surface area contributed by atoms with Crippen LogP contribution in [-0.4, -0.2) is 80.1 Å². The Morgan fingerprint density at radius 3 is 1.57 bits per heavy atom. The Morgan fingerprint density at radius 2 is 1.12 bits per heavy atom. The van der Waals surface area contributed by atoms with Crippen molar-refractivity contribution in [3.05, 3.63) is 122 Å². The molecule has 67 heavy (non-hydrogen) atoms. The number of benzene rings is 4. The molecule has 0 unspecified atom stereocenters. The Balaban J connectivity index is 0.000000171. The first kappa shape index (κ1) is 45.4. The average molecular weight is 947 g/mol. The SMILES string of the molecule is CC(C)(C)[Si](C)(C)OCCCN(c1cc(-c2cc3ccccc3s2)c2[nH]ncc2c1)c1ccnc(N)n1.Nc1nccc(N(CCCO)c2cc(-c3cc4ccccc4s3)c3[nH]ncc3c2)n1. The molecule has 0 aliphatic carbocycles. The number of nitrogen functional groups attached to an aromatic ring is 2. The van der Waals surface area contributed by atoms with Gasteiger partial charge in [0.25, 0.3) is 0 Å². The Bertz CT molecular complexity index is 3240. The van der Waals surface area contributed by atoms with Crippen LogP contribution in [0.15, 0.2) is 122 Å². The molecular formula is C50H54N12O2S2Si. The number of nitrogens with two attached hydrogens (primary N) is 2. The van der Waals surface area contributed by atoms with Gasteiger partial charge in [-0.1, -0.05) is 57.2 Å². The van der Waals surface area contributed by atoms with Crippen molar-refractivity contribution < 1.29 is 9.53 Å². The number of aromatic nitrogens is 8. The van der Waals surface area contributed by atoms with Gasteiger partial charge < -0.3 is 30.8 Å². The second-order valence-electron chi connectivity index (χ2n) is 17.8. The Kier molecular flexibility index (Phi) is 13.0. The van der Waals surface area contributed by atoms with E-state index in [2.05, 4.69) is 169 Å². The van der Waals surface area contributed by atoms with Gasteiger partial charge in [0.2, 0.25) is 11.9 Å². The third-order valence-electron chi connectivity index (χ3n) is 12.3. The van der Waals surface area contributed by atoms with Crippen molar-refractivity contribution in [3.8, 4) is 20.9 Å². The van der Waals surface area contributed by atoms with Gasteiger partial charge in [0.15, 0.2) is 8.32 Å². The fourth-order valence-corrected chi connectivity index (χ4v) is 11.0. The van der Waals surface area contributed by atoms with Crippen molar-refractivity contribution in [2.75, 3.05) is 47.6 Å². The van der Waals surface area contributed by atoms with E-state index in [0.29, 0.717) is 25.4 Å². The van der Waals surface area contributed by atoms with Crippen LogP contribution in [0.4, 0.5) is 34.9 Å². The van der Waals surface area contributed by atoms with E-state index < -0.39 is 8.32 Å². The molecule has 0 aliphatic rings. The predicted octanol–water partition coefficient (Wildman–Crippen LogP) is 11.7. The number of H-pyrrole nitrogens is 2. The summed E-state index contributed by atoms with van der Waals surface area (Å²) in [6.07, 6.45) is 8.52. The van der Waals surface area contributed by atoms with Crippen LogP contribution in [0.2, 0.25) is 18.1 Å². The highest BCUT2D eigenvalue weighted by Crippen LogP contribution is 2.42. The molecule has 0 amide bonds. The lowest BCUT2D eigenvalue weighted by molar-refractivity contribution is 0.284. The van der Waals surface area contributed by atoms with Crippen molar-refractivity contribution in [1.29, 1.82) is 0 Å². The maximum atomic E-state index is 9.42. The number of aromatic amines is 2. The highest BCUT2D eigenvalue weighted by molar-refractivity contribution is 7.22. The van der Waals surface area contributed by atoms with Crippen LogP contribution in [0, 0.1) is 0 Å². The van der Waals surface area contributed by atoms with Gasteiger partial charge >= 0.3 is 0 Å². The van der Waals surface area contributed by atoms with Crippen molar-refractivity contribution in [3.63, 3.8) is 0 Å². The molecule has 4 aromatic carbocycles. The second-order valence-corrected chi connectivity index (χ2v) is 24.8. The van der Waals surface area contributed by atoms with Crippen molar-refractivity contribution in [2.45, 2.75) is 51.7 Å². The van der Waals surface area contributed by atoms with E-state index in [-0.39, 0.29) is 23.5 Å². The van der Waals surface area contributed by atoms with E-state index in [9.17, 15) is 5.11 Å². The summed E-state index contributed by atoms with van der Waals surface area (Å²) < 4.78 is 8.97. The number of rotatable bonds is 14. The molecule has 6 heterocycles. The second kappa shape index (κ2) is 19.2. The largest absolute Gasteiger partial charge is 0.417 e. The number of anilines is 6. The van der Waals surface area contributed by atoms with Crippen molar-refractivity contribution in [2.24, 2.45) is 0 Å². The summed E-state index contributed by atoms with van der Waals surface area (Å²) in [7, 11) is -1.82. The minimum atomic E-state index is -1.82. The van der Waals surface area contributed by atoms with Crippen LogP contribution in [-0.2, 0) is 4.43 Å². The molecule has 10 aromatic rings. The molecule has 14 nitrogen and oxygen atoms in total. The third kappa shape index (κ3) is 9.87. The Morgan fingerprint density at radius 1 is 0.642 bits per heavy atom. The molecule has 6 aromatic heterocycles. The molecule has 10 rings (SSSR count). The molecule has 0 saturated carbocycles. The first-order chi connectivity index (χ1) is 32.3. The normalized spacial score (nSPS) is 12.0. The first-order valence-electron chi connectivity index (χ1n) is 22.2. The number of hydrogen-bond acceptors (Lipinski definition) is 14. The van der Waals surface area contributed by atoms with Crippen LogP contribution in [0.25, 0.3) is 62.9 Å². The number of thiophene rings is 2. The molecule has 0 aliphatic heterocycles. The van der Waals surface area contributed by atoms with Gasteiger partial charge in [-0.25, -0.2) is 9.97 Å². The standard InChI is InChI=1S/C28H34N6OSSi.C22H20N6OS/c1-28(2,3)37(4,5)35-14-8-13-34(25-11-12-30-27(29)32-25)21-15-20-18-31-33-26(20)22(17-21)24-16-19-9-6-7-10-23(19)36-24;23-22-24-7-6-20(26-22)28(8-3-9-29)16-10-15-13-25-27-21(15)17(12-16)19-11-14-4-1-2-5-18(14)30-19/h6-7,9-12,15-18H,8,13-14H2,1-5H3,(H,31,33)(H2,29,30,32);1-2,4-7,10-13,29H,3,8-9H2,(H,25,27)(H2,23,24,26). The zero-order valence-electron chi connectivity index (χ0n) is 38.2. The van der Waals surface area contributed by atoms with Gasteiger partial charge in [0.1, 0.15) is 11.6 Å². The molecular weight excluding hydrogens is 893 g/mol. The summed E-state index contributed by atoms with van der Waals surface area (Å²) >= 11 is 3.54. The summed E-state index contributed by atoms with van der Waals surface area (Å²) in [5, 5.41) is 29.1. The molecule has 0 radical (unpaired) electrons. The fraction of sp³-hybridized carbons (Fsp3) is 0.240. The maximum absolute atomic E-state index is 9.42. The maximum Gasteiger partial charge on any atom is 0.221 e. The topological polar surface area (TPSA) is 197 Å². The minimum absolute atomic E-state index is 0.0915. The van der Waals surface area contributed by atoms with E-state index in [1.807, 2.05) is 24.5 Å². The number of aliphatic hydroxyl groups excluding tert-OH is 1. The van der Waals surface area contributed by atoms with E-state index in [4.69, 9.17) is 15.9 Å². The molecule has 0 atom stereocenters. The zero-order chi connectivity index (χ0) is 46.7. The summed E-state index contributed by atoms with van der Waals surface area (Å²) in [4.78, 5) is 23.7.